The highest BCUT2D eigenvalue weighted by molar-refractivity contribution is 5.93. The maximum absolute atomic E-state index is 14.3. The summed E-state index contributed by atoms with van der Waals surface area (Å²) in [6.45, 7) is 0. The van der Waals surface area contributed by atoms with Crippen LogP contribution in [0.5, 0.6) is 0 Å². The van der Waals surface area contributed by atoms with Crippen LogP contribution in [-0.2, 0) is 11.2 Å². The van der Waals surface area contributed by atoms with E-state index < -0.39 is 0 Å². The van der Waals surface area contributed by atoms with Crippen LogP contribution in [0.1, 0.15) is 42.9 Å². The van der Waals surface area contributed by atoms with Gasteiger partial charge in [-0.25, -0.2) is 4.39 Å². The van der Waals surface area contributed by atoms with E-state index in [0.717, 1.165) is 30.2 Å². The van der Waals surface area contributed by atoms with Crippen molar-refractivity contribution >= 4 is 11.6 Å². The third kappa shape index (κ3) is 1.94. The highest BCUT2D eigenvalue weighted by Gasteiger charge is 2.47. The Morgan fingerprint density at radius 2 is 1.95 bits per heavy atom. The molecule has 1 aromatic rings. The van der Waals surface area contributed by atoms with Gasteiger partial charge >= 0.3 is 0 Å². The van der Waals surface area contributed by atoms with Crippen LogP contribution in [0, 0.1) is 23.6 Å². The molecule has 0 aromatic heterocycles. The number of halogens is 1. The van der Waals surface area contributed by atoms with Gasteiger partial charge in [-0.15, -0.1) is 0 Å². The van der Waals surface area contributed by atoms with Crippen molar-refractivity contribution in [3.8, 4) is 0 Å². The first-order valence-electron chi connectivity index (χ1n) is 7.49. The number of amides is 1. The third-order valence-electron chi connectivity index (χ3n) is 5.27. The van der Waals surface area contributed by atoms with Gasteiger partial charge in [-0.1, -0.05) is 0 Å². The molecule has 0 radical (unpaired) electrons. The van der Waals surface area contributed by atoms with Crippen LogP contribution >= 0.6 is 0 Å². The molecule has 3 nitrogen and oxygen atoms in total. The molecular formula is C16H19FN2O. The zero-order valence-corrected chi connectivity index (χ0v) is 11.4. The second-order valence-corrected chi connectivity index (χ2v) is 6.59. The van der Waals surface area contributed by atoms with Crippen molar-refractivity contribution in [3.63, 3.8) is 0 Å². The molecule has 2 fully saturated rings. The van der Waals surface area contributed by atoms with Crippen LogP contribution in [0.4, 0.5) is 10.1 Å². The number of hydrogen-bond donors (Lipinski definition) is 2. The molecule has 106 valence electrons. The lowest BCUT2D eigenvalue weighted by molar-refractivity contribution is -0.116. The maximum atomic E-state index is 14.3. The van der Waals surface area contributed by atoms with Crippen molar-refractivity contribution in [1.29, 1.82) is 0 Å². The van der Waals surface area contributed by atoms with Gasteiger partial charge < -0.3 is 11.1 Å². The lowest BCUT2D eigenvalue weighted by Gasteiger charge is -2.24. The molecule has 3 atom stereocenters. The van der Waals surface area contributed by atoms with Gasteiger partial charge in [0.05, 0.1) is 0 Å². The SMILES string of the molecule is NC(c1cc2c(cc1F)NC(=O)CC2)C1CC2CC2C1. The molecule has 3 N–H and O–H groups in total. The molecule has 1 aromatic carbocycles. The summed E-state index contributed by atoms with van der Waals surface area (Å²) in [5.41, 5.74) is 8.58. The number of aryl methyl sites for hydroxylation is 1. The second-order valence-electron chi connectivity index (χ2n) is 6.59. The fourth-order valence-corrected chi connectivity index (χ4v) is 3.99. The van der Waals surface area contributed by atoms with E-state index in [4.69, 9.17) is 5.73 Å². The molecule has 1 aliphatic heterocycles. The van der Waals surface area contributed by atoms with E-state index in [1.807, 2.05) is 6.07 Å². The summed E-state index contributed by atoms with van der Waals surface area (Å²) in [6, 6.07) is 3.11. The van der Waals surface area contributed by atoms with Gasteiger partial charge in [-0.3, -0.25) is 4.79 Å². The highest BCUT2D eigenvalue weighted by atomic mass is 19.1. The van der Waals surface area contributed by atoms with Crippen LogP contribution < -0.4 is 11.1 Å². The number of hydrogen-bond acceptors (Lipinski definition) is 2. The molecular weight excluding hydrogens is 255 g/mol. The summed E-state index contributed by atoms with van der Waals surface area (Å²) in [5.74, 6) is 1.81. The molecule has 0 saturated heterocycles. The first-order valence-corrected chi connectivity index (χ1v) is 7.49. The topological polar surface area (TPSA) is 55.1 Å². The third-order valence-corrected chi connectivity index (χ3v) is 5.27. The van der Waals surface area contributed by atoms with Crippen molar-refractivity contribution < 1.29 is 9.18 Å². The van der Waals surface area contributed by atoms with E-state index in [1.165, 1.54) is 12.5 Å². The Hall–Kier alpha value is -1.42. The molecule has 0 bridgehead atoms. The number of anilines is 1. The molecule has 4 rings (SSSR count). The Morgan fingerprint density at radius 3 is 2.70 bits per heavy atom. The van der Waals surface area contributed by atoms with Crippen molar-refractivity contribution in [2.75, 3.05) is 5.32 Å². The van der Waals surface area contributed by atoms with E-state index >= 15 is 0 Å². The predicted octanol–water partition coefficient (Wildman–Crippen LogP) is 2.76. The van der Waals surface area contributed by atoms with Crippen LogP contribution in [0.15, 0.2) is 12.1 Å². The van der Waals surface area contributed by atoms with Gasteiger partial charge in [-0.2, -0.15) is 0 Å². The zero-order chi connectivity index (χ0) is 13.9. The van der Waals surface area contributed by atoms with Gasteiger partial charge in [0, 0.05) is 23.7 Å². The van der Waals surface area contributed by atoms with Gasteiger partial charge in [0.25, 0.3) is 0 Å². The Balaban J connectivity index is 1.62. The molecule has 2 saturated carbocycles. The Bertz CT molecular complexity index is 576. The summed E-state index contributed by atoms with van der Waals surface area (Å²) in [6.07, 6.45) is 4.80. The number of fused-ring (bicyclic) bond motifs is 2. The number of rotatable bonds is 2. The molecule has 3 aliphatic rings. The van der Waals surface area contributed by atoms with E-state index in [-0.39, 0.29) is 17.8 Å². The lowest BCUT2D eigenvalue weighted by atomic mass is 9.87. The summed E-state index contributed by atoms with van der Waals surface area (Å²) < 4.78 is 14.3. The van der Waals surface area contributed by atoms with E-state index in [0.29, 0.717) is 30.0 Å². The van der Waals surface area contributed by atoms with Crippen LogP contribution in [-0.4, -0.2) is 5.91 Å². The van der Waals surface area contributed by atoms with Gasteiger partial charge in [-0.05, 0) is 61.1 Å². The van der Waals surface area contributed by atoms with Gasteiger partial charge in [0.1, 0.15) is 5.82 Å². The lowest BCUT2D eigenvalue weighted by Crippen LogP contribution is -2.24. The number of benzene rings is 1. The zero-order valence-electron chi connectivity index (χ0n) is 11.4. The van der Waals surface area contributed by atoms with Crippen LogP contribution in [0.25, 0.3) is 0 Å². The minimum Gasteiger partial charge on any atom is -0.326 e. The van der Waals surface area contributed by atoms with E-state index in [9.17, 15) is 9.18 Å². The first-order chi connectivity index (χ1) is 9.61. The molecule has 0 spiro atoms. The van der Waals surface area contributed by atoms with E-state index in [2.05, 4.69) is 5.32 Å². The Morgan fingerprint density at radius 1 is 1.20 bits per heavy atom. The van der Waals surface area contributed by atoms with Crippen molar-refractivity contribution in [1.82, 2.24) is 0 Å². The summed E-state index contributed by atoms with van der Waals surface area (Å²) in [5, 5.41) is 2.73. The number of carbonyl (C=O) groups excluding carboxylic acids is 1. The Labute approximate surface area is 117 Å². The summed E-state index contributed by atoms with van der Waals surface area (Å²) >= 11 is 0. The number of nitrogens with two attached hydrogens (primary N) is 1. The fourth-order valence-electron chi connectivity index (χ4n) is 3.99. The number of carbonyl (C=O) groups is 1. The maximum Gasteiger partial charge on any atom is 0.224 e. The predicted molar refractivity (Wildman–Crippen MR) is 74.6 cm³/mol. The fraction of sp³-hybridized carbons (Fsp3) is 0.562. The average molecular weight is 274 g/mol. The van der Waals surface area contributed by atoms with Crippen LogP contribution in [0.2, 0.25) is 0 Å². The number of nitrogens with one attached hydrogen (secondary N) is 1. The van der Waals surface area contributed by atoms with Crippen LogP contribution in [0.3, 0.4) is 0 Å². The molecule has 20 heavy (non-hydrogen) atoms. The largest absolute Gasteiger partial charge is 0.326 e. The molecule has 3 unspecified atom stereocenters. The van der Waals surface area contributed by atoms with E-state index in [1.54, 1.807) is 0 Å². The second kappa shape index (κ2) is 4.29. The molecule has 4 heteroatoms. The van der Waals surface area contributed by atoms with Gasteiger partial charge in [0.15, 0.2) is 0 Å². The summed E-state index contributed by atoms with van der Waals surface area (Å²) in [7, 11) is 0. The first kappa shape index (κ1) is 12.3. The van der Waals surface area contributed by atoms with Crippen molar-refractivity contribution in [2.24, 2.45) is 23.5 Å². The van der Waals surface area contributed by atoms with Crippen molar-refractivity contribution in [3.05, 3.63) is 29.1 Å². The van der Waals surface area contributed by atoms with Crippen molar-refractivity contribution in [2.45, 2.75) is 38.1 Å². The minimum absolute atomic E-state index is 0.0372. The Kier molecular flexibility index (Phi) is 2.64. The molecule has 1 amide bonds. The highest BCUT2D eigenvalue weighted by Crippen LogP contribution is 2.56. The quantitative estimate of drug-likeness (QED) is 0.871. The minimum atomic E-state index is -0.279. The average Bonchev–Trinajstić information content (AvgIpc) is 3.03. The normalized spacial score (nSPS) is 32.3. The summed E-state index contributed by atoms with van der Waals surface area (Å²) in [4.78, 5) is 11.3. The smallest absolute Gasteiger partial charge is 0.224 e. The molecule has 2 aliphatic carbocycles. The molecule has 1 heterocycles. The van der Waals surface area contributed by atoms with Gasteiger partial charge in [0.2, 0.25) is 5.91 Å². The monoisotopic (exact) mass is 274 g/mol. The standard InChI is InChI=1S/C16H19FN2O/c17-13-7-14-8(1-2-15(20)19-14)6-12(13)16(18)11-4-9-3-10(9)5-11/h6-7,9-11,16H,1-5,18H2,(H,19,20).